The SMILES string of the molecule is Cc1ccc2cccc(SC(C)(C)C)c2n1. The first kappa shape index (κ1) is 11.5. The second-order valence-electron chi connectivity index (χ2n) is 4.99. The Morgan fingerprint density at radius 3 is 2.50 bits per heavy atom. The minimum absolute atomic E-state index is 0.222. The third kappa shape index (κ3) is 2.56. The maximum Gasteiger partial charge on any atom is 0.0841 e. The number of aromatic nitrogens is 1. The van der Waals surface area contributed by atoms with Crippen molar-refractivity contribution in [2.75, 3.05) is 0 Å². The number of hydrogen-bond acceptors (Lipinski definition) is 2. The van der Waals surface area contributed by atoms with E-state index in [1.807, 2.05) is 18.7 Å². The lowest BCUT2D eigenvalue weighted by Gasteiger charge is -2.18. The highest BCUT2D eigenvalue weighted by Crippen LogP contribution is 2.35. The molecule has 2 rings (SSSR count). The first-order chi connectivity index (χ1) is 7.46. The lowest BCUT2D eigenvalue weighted by atomic mass is 10.2. The fraction of sp³-hybridized carbons (Fsp3) is 0.357. The van der Waals surface area contributed by atoms with Crippen molar-refractivity contribution in [1.82, 2.24) is 4.98 Å². The van der Waals surface area contributed by atoms with Crippen LogP contribution in [0.15, 0.2) is 35.2 Å². The number of para-hydroxylation sites is 1. The largest absolute Gasteiger partial charge is 0.252 e. The third-order valence-corrected chi connectivity index (χ3v) is 3.40. The van der Waals surface area contributed by atoms with Gasteiger partial charge in [0.1, 0.15) is 0 Å². The molecule has 0 saturated carbocycles. The second-order valence-corrected chi connectivity index (χ2v) is 6.86. The monoisotopic (exact) mass is 231 g/mol. The number of thioether (sulfide) groups is 1. The Hall–Kier alpha value is -1.02. The standard InChI is InChI=1S/C14H17NS/c1-10-8-9-11-6-5-7-12(13(11)15-10)16-14(2,3)4/h5-9H,1-4H3. The Labute approximate surface area is 101 Å². The molecule has 1 aromatic heterocycles. The normalized spacial score (nSPS) is 12.0. The summed E-state index contributed by atoms with van der Waals surface area (Å²) >= 11 is 1.88. The summed E-state index contributed by atoms with van der Waals surface area (Å²) in [5, 5.41) is 1.22. The van der Waals surface area contributed by atoms with Gasteiger partial charge in [0.2, 0.25) is 0 Å². The fourth-order valence-electron chi connectivity index (χ4n) is 1.63. The van der Waals surface area contributed by atoms with Gasteiger partial charge in [-0.25, -0.2) is 0 Å². The molecule has 0 aliphatic rings. The summed E-state index contributed by atoms with van der Waals surface area (Å²) in [6, 6.07) is 10.6. The van der Waals surface area contributed by atoms with Gasteiger partial charge in [-0.2, -0.15) is 0 Å². The van der Waals surface area contributed by atoms with E-state index in [0.717, 1.165) is 11.2 Å². The number of hydrogen-bond donors (Lipinski definition) is 0. The Morgan fingerprint density at radius 2 is 1.81 bits per heavy atom. The number of pyridine rings is 1. The van der Waals surface area contributed by atoms with Crippen molar-refractivity contribution < 1.29 is 0 Å². The first-order valence-electron chi connectivity index (χ1n) is 5.51. The fourth-order valence-corrected chi connectivity index (χ4v) is 2.70. The topological polar surface area (TPSA) is 12.9 Å². The van der Waals surface area contributed by atoms with E-state index >= 15 is 0 Å². The molecular formula is C14H17NS. The molecule has 0 radical (unpaired) electrons. The minimum Gasteiger partial charge on any atom is -0.252 e. The number of nitrogens with zero attached hydrogens (tertiary/aromatic N) is 1. The predicted molar refractivity (Wildman–Crippen MR) is 72.1 cm³/mol. The Bertz CT molecular complexity index is 512. The van der Waals surface area contributed by atoms with Gasteiger partial charge in [0.05, 0.1) is 5.52 Å². The van der Waals surface area contributed by atoms with Crippen LogP contribution in [0.3, 0.4) is 0 Å². The zero-order valence-electron chi connectivity index (χ0n) is 10.2. The number of fused-ring (bicyclic) bond motifs is 1. The molecule has 2 aromatic rings. The van der Waals surface area contributed by atoms with E-state index in [4.69, 9.17) is 0 Å². The molecule has 16 heavy (non-hydrogen) atoms. The van der Waals surface area contributed by atoms with Gasteiger partial charge in [-0.15, -0.1) is 11.8 Å². The summed E-state index contributed by atoms with van der Waals surface area (Å²) in [4.78, 5) is 5.91. The Morgan fingerprint density at radius 1 is 1.06 bits per heavy atom. The van der Waals surface area contributed by atoms with Gasteiger partial charge in [0.15, 0.2) is 0 Å². The lowest BCUT2D eigenvalue weighted by Crippen LogP contribution is -2.06. The molecule has 84 valence electrons. The average molecular weight is 231 g/mol. The van der Waals surface area contributed by atoms with E-state index in [0.29, 0.717) is 0 Å². The molecule has 1 aromatic carbocycles. The summed E-state index contributed by atoms with van der Waals surface area (Å²) < 4.78 is 0.222. The highest BCUT2D eigenvalue weighted by atomic mass is 32.2. The zero-order chi connectivity index (χ0) is 11.8. The van der Waals surface area contributed by atoms with Crippen molar-refractivity contribution in [2.45, 2.75) is 37.3 Å². The minimum atomic E-state index is 0.222. The average Bonchev–Trinajstić information content (AvgIpc) is 2.17. The van der Waals surface area contributed by atoms with Crippen molar-refractivity contribution in [1.29, 1.82) is 0 Å². The molecule has 0 bridgehead atoms. The van der Waals surface area contributed by atoms with Crippen LogP contribution < -0.4 is 0 Å². The summed E-state index contributed by atoms with van der Waals surface area (Å²) in [7, 11) is 0. The summed E-state index contributed by atoms with van der Waals surface area (Å²) in [5.41, 5.74) is 2.21. The van der Waals surface area contributed by atoms with E-state index < -0.39 is 0 Å². The van der Waals surface area contributed by atoms with Crippen LogP contribution in [0, 0.1) is 6.92 Å². The predicted octanol–water partition coefficient (Wildman–Crippen LogP) is 4.43. The molecule has 0 unspecified atom stereocenters. The van der Waals surface area contributed by atoms with E-state index in [1.54, 1.807) is 0 Å². The molecule has 0 fully saturated rings. The molecule has 0 N–H and O–H groups in total. The molecule has 0 aliphatic carbocycles. The molecule has 0 amide bonds. The summed E-state index contributed by atoms with van der Waals surface area (Å²) in [6.45, 7) is 8.73. The first-order valence-corrected chi connectivity index (χ1v) is 6.33. The van der Waals surface area contributed by atoms with Crippen LogP contribution in [-0.2, 0) is 0 Å². The molecule has 0 aliphatic heterocycles. The third-order valence-electron chi connectivity index (χ3n) is 2.24. The number of rotatable bonds is 1. The van der Waals surface area contributed by atoms with E-state index in [1.165, 1.54) is 10.3 Å². The number of benzene rings is 1. The van der Waals surface area contributed by atoms with Crippen molar-refractivity contribution in [2.24, 2.45) is 0 Å². The number of aryl methyl sites for hydroxylation is 1. The van der Waals surface area contributed by atoms with E-state index in [-0.39, 0.29) is 4.75 Å². The molecule has 0 saturated heterocycles. The van der Waals surface area contributed by atoms with E-state index in [2.05, 4.69) is 56.1 Å². The van der Waals surface area contributed by atoms with Crippen LogP contribution in [0.4, 0.5) is 0 Å². The van der Waals surface area contributed by atoms with Crippen LogP contribution in [0.5, 0.6) is 0 Å². The van der Waals surface area contributed by atoms with Gasteiger partial charge in [-0.1, -0.05) is 39.0 Å². The smallest absolute Gasteiger partial charge is 0.0841 e. The van der Waals surface area contributed by atoms with Crippen LogP contribution in [-0.4, -0.2) is 9.73 Å². The maximum atomic E-state index is 4.64. The van der Waals surface area contributed by atoms with Crippen LogP contribution in [0.25, 0.3) is 10.9 Å². The quantitative estimate of drug-likeness (QED) is 0.673. The molecule has 0 spiro atoms. The highest BCUT2D eigenvalue weighted by molar-refractivity contribution is 8.00. The van der Waals surface area contributed by atoms with Crippen LogP contribution >= 0.6 is 11.8 Å². The van der Waals surface area contributed by atoms with Crippen molar-refractivity contribution in [3.8, 4) is 0 Å². The zero-order valence-corrected chi connectivity index (χ0v) is 11.1. The highest BCUT2D eigenvalue weighted by Gasteiger charge is 2.14. The van der Waals surface area contributed by atoms with Gasteiger partial charge in [0.25, 0.3) is 0 Å². The molecule has 1 heterocycles. The van der Waals surface area contributed by atoms with Crippen LogP contribution in [0.1, 0.15) is 26.5 Å². The Balaban J connectivity index is 2.56. The van der Waals surface area contributed by atoms with Crippen molar-refractivity contribution in [3.05, 3.63) is 36.0 Å². The maximum absolute atomic E-state index is 4.64. The van der Waals surface area contributed by atoms with Gasteiger partial charge in [0, 0.05) is 20.7 Å². The Kier molecular flexibility index (Phi) is 2.94. The van der Waals surface area contributed by atoms with Gasteiger partial charge < -0.3 is 0 Å². The van der Waals surface area contributed by atoms with Crippen molar-refractivity contribution in [3.63, 3.8) is 0 Å². The summed E-state index contributed by atoms with van der Waals surface area (Å²) in [6.07, 6.45) is 0. The van der Waals surface area contributed by atoms with Crippen LogP contribution in [0.2, 0.25) is 0 Å². The van der Waals surface area contributed by atoms with Crippen molar-refractivity contribution >= 4 is 22.7 Å². The second kappa shape index (κ2) is 4.10. The summed E-state index contributed by atoms with van der Waals surface area (Å²) in [5.74, 6) is 0. The van der Waals surface area contributed by atoms with Gasteiger partial charge >= 0.3 is 0 Å². The molecule has 1 nitrogen and oxygen atoms in total. The van der Waals surface area contributed by atoms with Gasteiger partial charge in [-0.3, -0.25) is 4.98 Å². The molecule has 2 heteroatoms. The molecular weight excluding hydrogens is 214 g/mol. The molecule has 0 atom stereocenters. The lowest BCUT2D eigenvalue weighted by molar-refractivity contribution is 0.803. The van der Waals surface area contributed by atoms with Gasteiger partial charge in [-0.05, 0) is 19.1 Å². The van der Waals surface area contributed by atoms with E-state index in [9.17, 15) is 0 Å².